The Morgan fingerprint density at radius 2 is 2.11 bits per heavy atom. The third-order valence-corrected chi connectivity index (χ3v) is 4.18. The number of nitrogens with zero attached hydrogens (tertiary/aromatic N) is 1. The molecule has 1 atom stereocenters. The van der Waals surface area contributed by atoms with Gasteiger partial charge in [0.15, 0.2) is 5.96 Å². The number of hydrogen-bond acceptors (Lipinski definition) is 5. The van der Waals surface area contributed by atoms with Gasteiger partial charge >= 0.3 is 0 Å². The van der Waals surface area contributed by atoms with E-state index in [0.29, 0.717) is 38.8 Å². The molecule has 0 bridgehead atoms. The summed E-state index contributed by atoms with van der Waals surface area (Å²) in [5.41, 5.74) is 2.12. The molecular formula is C20H32N4O4. The maximum atomic E-state index is 11.9. The van der Waals surface area contributed by atoms with Crippen molar-refractivity contribution >= 4 is 11.9 Å². The highest BCUT2D eigenvalue weighted by atomic mass is 16.5. The van der Waals surface area contributed by atoms with Crippen molar-refractivity contribution in [1.82, 2.24) is 16.0 Å². The molecule has 1 aromatic rings. The van der Waals surface area contributed by atoms with Crippen LogP contribution in [-0.2, 0) is 22.5 Å². The molecule has 2 rings (SSSR count). The monoisotopic (exact) mass is 392 g/mol. The first kappa shape index (κ1) is 21.8. The number of fused-ring (bicyclic) bond motifs is 1. The second kappa shape index (κ2) is 11.4. The third kappa shape index (κ3) is 6.60. The molecule has 1 aromatic carbocycles. The van der Waals surface area contributed by atoms with Crippen LogP contribution >= 0.6 is 0 Å². The lowest BCUT2D eigenvalue weighted by Crippen LogP contribution is -2.43. The number of hydrogen-bond donors (Lipinski definition) is 3. The maximum absolute atomic E-state index is 11.9. The third-order valence-electron chi connectivity index (χ3n) is 4.18. The van der Waals surface area contributed by atoms with E-state index in [-0.39, 0.29) is 18.6 Å². The number of carbonyl (C=O) groups excluding carboxylic acids is 1. The molecule has 1 aliphatic heterocycles. The number of amides is 1. The Labute approximate surface area is 167 Å². The number of guanidine groups is 1. The lowest BCUT2D eigenvalue weighted by Gasteiger charge is -2.14. The van der Waals surface area contributed by atoms with Crippen LogP contribution in [0.15, 0.2) is 17.1 Å². The van der Waals surface area contributed by atoms with Crippen LogP contribution in [0.25, 0.3) is 0 Å². The molecule has 28 heavy (non-hydrogen) atoms. The molecule has 3 N–H and O–H groups in total. The minimum Gasteiger partial charge on any atom is -0.494 e. The van der Waals surface area contributed by atoms with E-state index in [0.717, 1.165) is 23.5 Å². The molecule has 0 saturated heterocycles. The van der Waals surface area contributed by atoms with Crippen molar-refractivity contribution in [1.29, 1.82) is 0 Å². The van der Waals surface area contributed by atoms with Gasteiger partial charge in [-0.05, 0) is 32.9 Å². The van der Waals surface area contributed by atoms with Gasteiger partial charge in [-0.2, -0.15) is 0 Å². The van der Waals surface area contributed by atoms with E-state index < -0.39 is 0 Å². The average molecular weight is 393 g/mol. The predicted molar refractivity (Wildman–Crippen MR) is 109 cm³/mol. The number of carbonyl (C=O) groups is 1. The summed E-state index contributed by atoms with van der Waals surface area (Å²) in [5.74, 6) is 2.19. The van der Waals surface area contributed by atoms with E-state index in [4.69, 9.17) is 14.2 Å². The summed E-state index contributed by atoms with van der Waals surface area (Å²) >= 11 is 0. The van der Waals surface area contributed by atoms with Gasteiger partial charge in [-0.3, -0.25) is 4.79 Å². The van der Waals surface area contributed by atoms with Crippen LogP contribution in [0.3, 0.4) is 0 Å². The van der Waals surface area contributed by atoms with Crippen LogP contribution in [0.5, 0.6) is 11.5 Å². The number of aliphatic imine (C=N–C) groups is 1. The van der Waals surface area contributed by atoms with Crippen molar-refractivity contribution in [2.75, 3.05) is 40.0 Å². The summed E-state index contributed by atoms with van der Waals surface area (Å²) in [7, 11) is 1.60. The van der Waals surface area contributed by atoms with Crippen molar-refractivity contribution in [2.24, 2.45) is 4.99 Å². The predicted octanol–water partition coefficient (Wildman–Crippen LogP) is 1.23. The quantitative estimate of drug-likeness (QED) is 0.315. The van der Waals surface area contributed by atoms with E-state index in [1.54, 1.807) is 7.11 Å². The normalized spacial score (nSPS) is 15.6. The van der Waals surface area contributed by atoms with E-state index in [1.807, 2.05) is 19.9 Å². The molecular weight excluding hydrogens is 360 g/mol. The molecule has 0 fully saturated rings. The smallest absolute Gasteiger partial charge is 0.239 e. The van der Waals surface area contributed by atoms with Gasteiger partial charge in [0.05, 0.1) is 26.3 Å². The lowest BCUT2D eigenvalue weighted by atomic mass is 10.1. The van der Waals surface area contributed by atoms with E-state index in [9.17, 15) is 4.79 Å². The van der Waals surface area contributed by atoms with Gasteiger partial charge in [0.1, 0.15) is 17.6 Å². The first-order chi connectivity index (χ1) is 13.6. The Kier molecular flexibility index (Phi) is 8.87. The zero-order valence-electron chi connectivity index (χ0n) is 17.3. The largest absolute Gasteiger partial charge is 0.494 e. The molecule has 0 aliphatic carbocycles. The minimum absolute atomic E-state index is 0.113. The van der Waals surface area contributed by atoms with E-state index in [1.165, 1.54) is 5.56 Å². The van der Waals surface area contributed by atoms with Crippen molar-refractivity contribution < 1.29 is 19.0 Å². The van der Waals surface area contributed by atoms with Crippen LogP contribution in [-0.4, -0.2) is 57.9 Å². The Morgan fingerprint density at radius 3 is 2.82 bits per heavy atom. The molecule has 1 amide bonds. The van der Waals surface area contributed by atoms with Gasteiger partial charge in [-0.1, -0.05) is 0 Å². The summed E-state index contributed by atoms with van der Waals surface area (Å²) in [5, 5.41) is 8.96. The summed E-state index contributed by atoms with van der Waals surface area (Å²) < 4.78 is 16.6. The van der Waals surface area contributed by atoms with Crippen LogP contribution < -0.4 is 25.4 Å². The van der Waals surface area contributed by atoms with Crippen molar-refractivity contribution in [3.63, 3.8) is 0 Å². The molecule has 8 nitrogen and oxygen atoms in total. The highest BCUT2D eigenvalue weighted by Gasteiger charge is 2.21. The van der Waals surface area contributed by atoms with E-state index in [2.05, 4.69) is 33.9 Å². The second-order valence-electron chi connectivity index (χ2n) is 6.52. The average Bonchev–Trinajstić information content (AvgIpc) is 3.03. The molecule has 156 valence electrons. The zero-order chi connectivity index (χ0) is 20.4. The van der Waals surface area contributed by atoms with Crippen LogP contribution in [0, 0.1) is 0 Å². The topological polar surface area (TPSA) is 93.2 Å². The van der Waals surface area contributed by atoms with Gasteiger partial charge in [0.25, 0.3) is 0 Å². The van der Waals surface area contributed by atoms with Gasteiger partial charge in [0, 0.05) is 37.7 Å². The Morgan fingerprint density at radius 1 is 1.29 bits per heavy atom. The fourth-order valence-corrected chi connectivity index (χ4v) is 2.92. The number of methoxy groups -OCH3 is 1. The van der Waals surface area contributed by atoms with Crippen LogP contribution in [0.2, 0.25) is 0 Å². The van der Waals surface area contributed by atoms with Gasteiger partial charge < -0.3 is 30.2 Å². The first-order valence-electron chi connectivity index (χ1n) is 9.80. The highest BCUT2D eigenvalue weighted by Crippen LogP contribution is 2.35. The van der Waals surface area contributed by atoms with Gasteiger partial charge in [-0.25, -0.2) is 4.99 Å². The Hall–Kier alpha value is -2.48. The van der Waals surface area contributed by atoms with Crippen molar-refractivity contribution in [3.05, 3.63) is 23.3 Å². The zero-order valence-corrected chi connectivity index (χ0v) is 17.3. The second-order valence-corrected chi connectivity index (χ2v) is 6.52. The number of benzene rings is 1. The molecule has 0 spiro atoms. The van der Waals surface area contributed by atoms with Crippen molar-refractivity contribution in [2.45, 2.75) is 39.8 Å². The fraction of sp³-hybridized carbons (Fsp3) is 0.600. The summed E-state index contributed by atoms with van der Waals surface area (Å²) in [6.07, 6.45) is 1.07. The molecule has 0 radical (unpaired) electrons. The lowest BCUT2D eigenvalue weighted by molar-refractivity contribution is -0.120. The number of ether oxygens (including phenoxy) is 3. The van der Waals surface area contributed by atoms with Crippen LogP contribution in [0.1, 0.15) is 31.9 Å². The SMILES string of the molecule is CCNC(=NCc1cc2c(cc1OCC)CC(C)O2)NCC(=O)NCCOC. The standard InChI is InChI=1S/C20H32N4O4/c1-5-21-20(24-13-19(25)22-7-8-26-4)23-12-16-11-18-15(9-14(3)28-18)10-17(16)27-6-2/h10-11,14H,5-9,12-13H2,1-4H3,(H,22,25)(H2,21,23,24). The molecule has 0 aromatic heterocycles. The van der Waals surface area contributed by atoms with Gasteiger partial charge in [-0.15, -0.1) is 0 Å². The summed E-state index contributed by atoms with van der Waals surface area (Å²) in [6, 6.07) is 4.06. The molecule has 1 aliphatic rings. The molecule has 0 saturated carbocycles. The Balaban J connectivity index is 2.03. The fourth-order valence-electron chi connectivity index (χ4n) is 2.92. The van der Waals surface area contributed by atoms with E-state index >= 15 is 0 Å². The molecule has 8 heteroatoms. The summed E-state index contributed by atoms with van der Waals surface area (Å²) in [6.45, 7) is 8.81. The highest BCUT2D eigenvalue weighted by molar-refractivity contribution is 5.86. The Bertz CT molecular complexity index is 678. The van der Waals surface area contributed by atoms with Crippen molar-refractivity contribution in [3.8, 4) is 11.5 Å². The molecule has 1 unspecified atom stereocenters. The first-order valence-corrected chi connectivity index (χ1v) is 9.80. The molecule has 1 heterocycles. The van der Waals surface area contributed by atoms with Gasteiger partial charge in [0.2, 0.25) is 5.91 Å². The number of nitrogens with one attached hydrogen (secondary N) is 3. The summed E-state index contributed by atoms with van der Waals surface area (Å²) in [4.78, 5) is 16.4. The maximum Gasteiger partial charge on any atom is 0.239 e. The number of rotatable bonds is 10. The van der Waals surface area contributed by atoms with Crippen LogP contribution in [0.4, 0.5) is 0 Å². The minimum atomic E-state index is -0.113.